The van der Waals surface area contributed by atoms with Crippen molar-refractivity contribution in [3.63, 3.8) is 0 Å². The highest BCUT2D eigenvalue weighted by molar-refractivity contribution is 6.19. The second-order valence-corrected chi connectivity index (χ2v) is 6.71. The van der Waals surface area contributed by atoms with E-state index < -0.39 is 24.0 Å². The Kier molecular flexibility index (Phi) is 5.89. The van der Waals surface area contributed by atoms with Gasteiger partial charge < -0.3 is 25.9 Å². The highest BCUT2D eigenvalue weighted by atomic mass is 16.5. The zero-order valence-electron chi connectivity index (χ0n) is 17.1. The van der Waals surface area contributed by atoms with Gasteiger partial charge in [-0.3, -0.25) is 4.79 Å². The number of carbonyl (C=O) groups excluding carboxylic acids is 1. The molecule has 1 atom stereocenters. The number of nitrogens with zero attached hydrogens (tertiary/aromatic N) is 4. The number of amides is 1. The van der Waals surface area contributed by atoms with Crippen LogP contribution in [0.4, 0.5) is 5.69 Å². The monoisotopic (exact) mass is 427 g/mol. The van der Waals surface area contributed by atoms with E-state index in [1.165, 1.54) is 25.4 Å². The number of nitrogens with one attached hydrogen (secondary N) is 1. The summed E-state index contributed by atoms with van der Waals surface area (Å²) < 4.78 is 10.2. The number of aliphatic imine (C=N–C) groups is 2. The van der Waals surface area contributed by atoms with Crippen LogP contribution in [0.2, 0.25) is 0 Å². The first-order valence-corrected chi connectivity index (χ1v) is 9.66. The maximum atomic E-state index is 12.8. The smallest absolute Gasteiger partial charge is 0.288 e. The summed E-state index contributed by atoms with van der Waals surface area (Å²) in [7, 11) is 1.45. The number of methoxy groups -OCH3 is 1. The van der Waals surface area contributed by atoms with Gasteiger partial charge in [0.1, 0.15) is 0 Å². The fourth-order valence-electron chi connectivity index (χ4n) is 3.12. The third kappa shape index (κ3) is 4.46. The van der Waals surface area contributed by atoms with Crippen LogP contribution in [-0.2, 0) is 9.53 Å². The standard InChI is InChI=1S/C23H19N6O3/c1-31-18-13-15(11-12-26-18)20(24)32-23(25)29-21-22(30)27-17-10-6-5-9-16(17)19(28-21)14-7-3-2-4-8-14/h2-13,21H,1H3,(H2,25,29)(H,27,30)/q-1. The molecule has 9 heteroatoms. The Hall–Kier alpha value is -4.53. The van der Waals surface area contributed by atoms with E-state index in [1.54, 1.807) is 6.07 Å². The molecule has 0 aliphatic carbocycles. The van der Waals surface area contributed by atoms with Crippen molar-refractivity contribution in [1.29, 1.82) is 0 Å². The van der Waals surface area contributed by atoms with Gasteiger partial charge in [0, 0.05) is 34.9 Å². The summed E-state index contributed by atoms with van der Waals surface area (Å²) in [6.07, 6.45) is 0.213. The van der Waals surface area contributed by atoms with Crippen LogP contribution in [0, 0.1) is 0 Å². The van der Waals surface area contributed by atoms with Gasteiger partial charge in [0.15, 0.2) is 0 Å². The molecule has 160 valence electrons. The zero-order valence-corrected chi connectivity index (χ0v) is 17.1. The van der Waals surface area contributed by atoms with Crippen LogP contribution in [-0.4, -0.2) is 41.8 Å². The number of hydrogen-bond acceptors (Lipinski definition) is 6. The number of para-hydroxylation sites is 1. The molecule has 2 aromatic carbocycles. The number of benzene rings is 2. The Morgan fingerprint density at radius 2 is 1.88 bits per heavy atom. The van der Waals surface area contributed by atoms with Crippen LogP contribution in [0.3, 0.4) is 0 Å². The largest absolute Gasteiger partial charge is 0.770 e. The van der Waals surface area contributed by atoms with E-state index in [9.17, 15) is 10.2 Å². The summed E-state index contributed by atoms with van der Waals surface area (Å²) in [6.45, 7) is 0. The fourth-order valence-corrected chi connectivity index (χ4v) is 3.12. The minimum Gasteiger partial charge on any atom is -0.770 e. The molecule has 0 fully saturated rings. The number of ether oxygens (including phenoxy) is 2. The normalized spacial score (nSPS) is 15.7. The number of anilines is 1. The van der Waals surface area contributed by atoms with Crippen molar-refractivity contribution in [3.05, 3.63) is 95.0 Å². The first-order valence-electron chi connectivity index (χ1n) is 9.66. The molecule has 32 heavy (non-hydrogen) atoms. The average molecular weight is 427 g/mol. The quantitative estimate of drug-likeness (QED) is 0.488. The van der Waals surface area contributed by atoms with E-state index in [1.807, 2.05) is 48.5 Å². The van der Waals surface area contributed by atoms with E-state index in [-0.39, 0.29) is 11.4 Å². The lowest BCUT2D eigenvalue weighted by Gasteiger charge is -2.15. The van der Waals surface area contributed by atoms with Gasteiger partial charge in [0.25, 0.3) is 11.9 Å². The molecule has 9 nitrogen and oxygen atoms in total. The molecule has 0 spiro atoms. The number of amidine groups is 1. The summed E-state index contributed by atoms with van der Waals surface area (Å²) in [5, 5.41) is 13.1. The molecule has 1 aliphatic rings. The molecule has 0 saturated heterocycles. The molecule has 1 amide bonds. The Morgan fingerprint density at radius 3 is 2.66 bits per heavy atom. The molecule has 1 aromatic heterocycles. The summed E-state index contributed by atoms with van der Waals surface area (Å²) in [5.74, 6) is -0.720. The van der Waals surface area contributed by atoms with Gasteiger partial charge in [-0.1, -0.05) is 48.5 Å². The Labute approximate surface area is 184 Å². The van der Waals surface area contributed by atoms with Crippen LogP contribution in [0.25, 0.3) is 5.41 Å². The van der Waals surface area contributed by atoms with Crippen molar-refractivity contribution in [3.8, 4) is 5.88 Å². The number of hydrogen-bond donors (Lipinski definition) is 2. The molecule has 0 bridgehead atoms. The minimum absolute atomic E-state index is 0.279. The number of pyridine rings is 1. The first-order chi connectivity index (χ1) is 15.5. The van der Waals surface area contributed by atoms with Gasteiger partial charge in [-0.2, -0.15) is 4.99 Å². The third-order valence-electron chi connectivity index (χ3n) is 4.61. The molecule has 0 radical (unpaired) electrons. The summed E-state index contributed by atoms with van der Waals surface area (Å²) in [4.78, 5) is 25.4. The topological polar surface area (TPSA) is 133 Å². The number of carbonyl (C=O) groups is 1. The van der Waals surface area contributed by atoms with Crippen molar-refractivity contribution in [2.45, 2.75) is 6.17 Å². The van der Waals surface area contributed by atoms with Crippen LogP contribution in [0.1, 0.15) is 16.7 Å². The number of rotatable bonds is 4. The van der Waals surface area contributed by atoms with Gasteiger partial charge in [0.2, 0.25) is 12.0 Å². The van der Waals surface area contributed by atoms with Gasteiger partial charge in [-0.15, -0.1) is 0 Å². The molecule has 4 rings (SSSR count). The van der Waals surface area contributed by atoms with Gasteiger partial charge >= 0.3 is 0 Å². The summed E-state index contributed by atoms with van der Waals surface area (Å²) in [5.41, 5.74) is 8.90. The number of nitrogens with two attached hydrogens (primary N) is 1. The van der Waals surface area contributed by atoms with Crippen LogP contribution >= 0.6 is 0 Å². The van der Waals surface area contributed by atoms with Gasteiger partial charge in [-0.05, 0) is 12.1 Å². The van der Waals surface area contributed by atoms with E-state index >= 15 is 0 Å². The van der Waals surface area contributed by atoms with Crippen molar-refractivity contribution in [2.75, 3.05) is 12.4 Å². The predicted molar refractivity (Wildman–Crippen MR) is 122 cm³/mol. The molecular weight excluding hydrogens is 408 g/mol. The average Bonchev–Trinajstić information content (AvgIpc) is 2.96. The van der Waals surface area contributed by atoms with E-state index in [4.69, 9.17) is 15.2 Å². The third-order valence-corrected chi connectivity index (χ3v) is 4.61. The Bertz CT molecular complexity index is 1220. The zero-order chi connectivity index (χ0) is 22.5. The maximum absolute atomic E-state index is 12.8. The maximum Gasteiger partial charge on any atom is 0.288 e. The number of aromatic nitrogens is 1. The van der Waals surface area contributed by atoms with Crippen molar-refractivity contribution >= 4 is 29.2 Å². The molecule has 1 aliphatic heterocycles. The molecule has 1 unspecified atom stereocenters. The van der Waals surface area contributed by atoms with E-state index in [0.29, 0.717) is 11.4 Å². The lowest BCUT2D eigenvalue weighted by molar-refractivity contribution is -0.117. The highest BCUT2D eigenvalue weighted by Crippen LogP contribution is 2.24. The Balaban J connectivity index is 1.65. The number of fused-ring (bicyclic) bond motifs is 1. The van der Waals surface area contributed by atoms with Gasteiger partial charge in [-0.25, -0.2) is 9.98 Å². The lowest BCUT2D eigenvalue weighted by atomic mass is 10.0. The summed E-state index contributed by atoms with van der Waals surface area (Å²) in [6, 6.07) is 19.3. The second kappa shape index (κ2) is 9.09. The van der Waals surface area contributed by atoms with Gasteiger partial charge in [0.05, 0.1) is 18.5 Å². The Morgan fingerprint density at radius 1 is 1.12 bits per heavy atom. The molecule has 0 saturated carbocycles. The predicted octanol–water partition coefficient (Wildman–Crippen LogP) is 2.55. The van der Waals surface area contributed by atoms with Crippen molar-refractivity contribution in [2.24, 2.45) is 15.7 Å². The summed E-state index contributed by atoms with van der Waals surface area (Å²) >= 11 is 0. The first kappa shape index (κ1) is 20.7. The van der Waals surface area contributed by atoms with Crippen LogP contribution < -0.4 is 15.8 Å². The molecule has 2 heterocycles. The molecule has 3 N–H and O–H groups in total. The lowest BCUT2D eigenvalue weighted by Crippen LogP contribution is -2.29. The highest BCUT2D eigenvalue weighted by Gasteiger charge is 2.25. The van der Waals surface area contributed by atoms with Crippen molar-refractivity contribution < 1.29 is 14.3 Å². The minimum atomic E-state index is -1.22. The van der Waals surface area contributed by atoms with Crippen LogP contribution in [0.15, 0.2) is 82.9 Å². The van der Waals surface area contributed by atoms with E-state index in [0.717, 1.165) is 11.1 Å². The second-order valence-electron chi connectivity index (χ2n) is 6.71. The van der Waals surface area contributed by atoms with Crippen LogP contribution in [0.5, 0.6) is 5.88 Å². The van der Waals surface area contributed by atoms with Crippen molar-refractivity contribution in [1.82, 2.24) is 4.98 Å². The molecular formula is C23H19N6O3-. The van der Waals surface area contributed by atoms with E-state index in [2.05, 4.69) is 20.3 Å². The SMILES string of the molecule is COc1cc(C(=[N-])O/C(N)=N/C2N=C(c3ccccc3)c3ccccc3NC2=O)ccn1. The fraction of sp³-hybridized carbons (Fsp3) is 0.0870. The molecule has 3 aromatic rings. The number of benzodiazepines with no additional fused rings is 1.